The first kappa shape index (κ1) is 18.2. The first-order chi connectivity index (χ1) is 12.8. The monoisotopic (exact) mass is 368 g/mol. The quantitative estimate of drug-likeness (QED) is 0.562. The standard InChI is InChI=1S/C20H16O7/c1-3-9-7-11(20(26)27-2)14(13(22)8-9)16-17(23)10-5-4-6-12(21)15(10)18(24)19(16)25/h4-8,21-23H,3H2,1-2H3. The third kappa shape index (κ3) is 2.73. The van der Waals surface area contributed by atoms with Crippen LogP contribution in [0.4, 0.5) is 0 Å². The Bertz CT molecular complexity index is 1030. The van der Waals surface area contributed by atoms with Crippen LogP contribution in [0.5, 0.6) is 11.5 Å². The molecule has 0 amide bonds. The second-order valence-corrected chi connectivity index (χ2v) is 5.96. The summed E-state index contributed by atoms with van der Waals surface area (Å²) in [6.07, 6.45) is 0.493. The molecule has 3 rings (SSSR count). The van der Waals surface area contributed by atoms with Crippen LogP contribution < -0.4 is 0 Å². The number of allylic oxidation sites excluding steroid dienone is 1. The van der Waals surface area contributed by atoms with Gasteiger partial charge in [0.05, 0.1) is 23.8 Å². The first-order valence-corrected chi connectivity index (χ1v) is 8.10. The molecule has 3 N–H and O–H groups in total. The molecule has 138 valence electrons. The molecule has 2 aromatic rings. The summed E-state index contributed by atoms with van der Waals surface area (Å²) in [5.41, 5.74) is -0.745. The van der Waals surface area contributed by atoms with Gasteiger partial charge < -0.3 is 20.1 Å². The van der Waals surface area contributed by atoms with E-state index >= 15 is 0 Å². The number of methoxy groups -OCH3 is 1. The van der Waals surface area contributed by atoms with Crippen LogP contribution in [0.3, 0.4) is 0 Å². The van der Waals surface area contributed by atoms with Crippen LogP contribution >= 0.6 is 0 Å². The molecule has 1 aliphatic rings. The number of ether oxygens (including phenoxy) is 1. The highest BCUT2D eigenvalue weighted by molar-refractivity contribution is 6.62. The molecular formula is C20H16O7. The Labute approximate surface area is 154 Å². The minimum absolute atomic E-state index is 0.0654. The first-order valence-electron chi connectivity index (χ1n) is 8.10. The minimum Gasteiger partial charge on any atom is -0.507 e. The van der Waals surface area contributed by atoms with Gasteiger partial charge in [-0.2, -0.15) is 0 Å². The molecule has 0 fully saturated rings. The largest absolute Gasteiger partial charge is 0.507 e. The van der Waals surface area contributed by atoms with Crippen molar-refractivity contribution in [1.82, 2.24) is 0 Å². The van der Waals surface area contributed by atoms with E-state index in [1.807, 2.05) is 0 Å². The van der Waals surface area contributed by atoms with Crippen molar-refractivity contribution < 1.29 is 34.4 Å². The number of ketones is 2. The van der Waals surface area contributed by atoms with E-state index in [2.05, 4.69) is 0 Å². The maximum atomic E-state index is 12.7. The van der Waals surface area contributed by atoms with Gasteiger partial charge in [-0.1, -0.05) is 19.1 Å². The summed E-state index contributed by atoms with van der Waals surface area (Å²) in [6.45, 7) is 1.81. The van der Waals surface area contributed by atoms with Gasteiger partial charge in [-0.3, -0.25) is 9.59 Å². The Morgan fingerprint density at radius 1 is 1.00 bits per heavy atom. The van der Waals surface area contributed by atoms with Crippen molar-refractivity contribution in [1.29, 1.82) is 0 Å². The van der Waals surface area contributed by atoms with Crippen LogP contribution in [-0.2, 0) is 16.0 Å². The number of fused-ring (bicyclic) bond motifs is 1. The number of esters is 1. The number of aryl methyl sites for hydroxylation is 1. The van der Waals surface area contributed by atoms with Gasteiger partial charge in [0.1, 0.15) is 17.3 Å². The molecule has 0 bridgehead atoms. The molecule has 7 heteroatoms. The number of Topliss-reactive ketones (excluding diaryl/α,β-unsaturated/α-hetero) is 2. The van der Waals surface area contributed by atoms with E-state index in [1.54, 1.807) is 6.92 Å². The normalized spacial score (nSPS) is 13.6. The molecule has 0 atom stereocenters. The van der Waals surface area contributed by atoms with Crippen LogP contribution in [0.15, 0.2) is 30.3 Å². The summed E-state index contributed by atoms with van der Waals surface area (Å²) < 4.78 is 4.72. The second-order valence-electron chi connectivity index (χ2n) is 5.96. The third-order valence-corrected chi connectivity index (χ3v) is 4.44. The van der Waals surface area contributed by atoms with E-state index in [9.17, 15) is 29.7 Å². The maximum Gasteiger partial charge on any atom is 0.338 e. The lowest BCUT2D eigenvalue weighted by molar-refractivity contribution is -0.110. The minimum atomic E-state index is -1.15. The summed E-state index contributed by atoms with van der Waals surface area (Å²) in [5, 5.41) is 31.0. The van der Waals surface area contributed by atoms with Crippen molar-refractivity contribution in [2.75, 3.05) is 7.11 Å². The van der Waals surface area contributed by atoms with Gasteiger partial charge in [0.25, 0.3) is 0 Å². The Balaban J connectivity index is 2.40. The summed E-state index contributed by atoms with van der Waals surface area (Å²) in [4.78, 5) is 37.4. The van der Waals surface area contributed by atoms with E-state index in [4.69, 9.17) is 4.74 Å². The molecule has 1 aliphatic carbocycles. The molecule has 7 nitrogen and oxygen atoms in total. The van der Waals surface area contributed by atoms with Crippen molar-refractivity contribution >= 4 is 28.9 Å². The summed E-state index contributed by atoms with van der Waals surface area (Å²) in [5.74, 6) is -4.54. The fraction of sp³-hybridized carbons (Fsp3) is 0.150. The number of aromatic hydroxyl groups is 2. The molecule has 0 spiro atoms. The van der Waals surface area contributed by atoms with Gasteiger partial charge in [0.15, 0.2) is 0 Å². The number of carbonyl (C=O) groups is 3. The van der Waals surface area contributed by atoms with Crippen LogP contribution in [-0.4, -0.2) is 40.0 Å². The van der Waals surface area contributed by atoms with E-state index in [-0.39, 0.29) is 22.3 Å². The highest BCUT2D eigenvalue weighted by Gasteiger charge is 2.38. The number of aliphatic hydroxyl groups is 1. The van der Waals surface area contributed by atoms with Crippen LogP contribution in [0, 0.1) is 0 Å². The summed E-state index contributed by atoms with van der Waals surface area (Å²) in [6, 6.07) is 6.74. The molecule has 0 saturated carbocycles. The predicted molar refractivity (Wildman–Crippen MR) is 95.7 cm³/mol. The molecule has 0 aliphatic heterocycles. The van der Waals surface area contributed by atoms with E-state index < -0.39 is 40.4 Å². The van der Waals surface area contributed by atoms with Crippen molar-refractivity contribution in [3.8, 4) is 11.5 Å². The third-order valence-electron chi connectivity index (χ3n) is 4.44. The number of rotatable bonds is 3. The lowest BCUT2D eigenvalue weighted by Gasteiger charge is -2.21. The highest BCUT2D eigenvalue weighted by Crippen LogP contribution is 2.41. The van der Waals surface area contributed by atoms with Crippen LogP contribution in [0.1, 0.15) is 44.3 Å². The van der Waals surface area contributed by atoms with Gasteiger partial charge in [-0.05, 0) is 30.2 Å². The van der Waals surface area contributed by atoms with Gasteiger partial charge in [-0.25, -0.2) is 4.79 Å². The zero-order valence-electron chi connectivity index (χ0n) is 14.6. The van der Waals surface area contributed by atoms with Crippen molar-refractivity contribution in [2.24, 2.45) is 0 Å². The number of hydrogen-bond acceptors (Lipinski definition) is 7. The number of aliphatic hydroxyl groups excluding tert-OH is 1. The molecule has 0 saturated heterocycles. The Hall–Kier alpha value is -3.61. The molecule has 0 aromatic heterocycles. The summed E-state index contributed by atoms with van der Waals surface area (Å²) in [7, 11) is 1.14. The molecular weight excluding hydrogens is 352 g/mol. The van der Waals surface area contributed by atoms with Gasteiger partial charge in [-0.15, -0.1) is 0 Å². The molecule has 2 aromatic carbocycles. The Morgan fingerprint density at radius 3 is 2.33 bits per heavy atom. The van der Waals surface area contributed by atoms with Crippen LogP contribution in [0.25, 0.3) is 11.3 Å². The fourth-order valence-corrected chi connectivity index (χ4v) is 3.10. The average molecular weight is 368 g/mol. The maximum absolute atomic E-state index is 12.7. The van der Waals surface area contributed by atoms with Crippen molar-refractivity contribution in [2.45, 2.75) is 13.3 Å². The Kier molecular flexibility index (Phi) is 4.45. The van der Waals surface area contributed by atoms with Crippen LogP contribution in [0.2, 0.25) is 0 Å². The lowest BCUT2D eigenvalue weighted by Crippen LogP contribution is -2.24. The Morgan fingerprint density at radius 2 is 1.70 bits per heavy atom. The predicted octanol–water partition coefficient (Wildman–Crippen LogP) is 2.64. The fourth-order valence-electron chi connectivity index (χ4n) is 3.10. The SMILES string of the molecule is CCc1cc(O)c(C2=C(O)c3cccc(O)c3C(=O)C2=O)c(C(=O)OC)c1. The zero-order chi connectivity index (χ0) is 19.9. The van der Waals surface area contributed by atoms with Gasteiger partial charge >= 0.3 is 5.97 Å². The summed E-state index contributed by atoms with van der Waals surface area (Å²) >= 11 is 0. The molecule has 0 unspecified atom stereocenters. The van der Waals surface area contributed by atoms with Gasteiger partial charge in [0.2, 0.25) is 11.6 Å². The number of phenolic OH excluding ortho intramolecular Hbond substituents is 2. The number of carbonyl (C=O) groups excluding carboxylic acids is 3. The van der Waals surface area contributed by atoms with E-state index in [0.29, 0.717) is 12.0 Å². The van der Waals surface area contributed by atoms with Crippen molar-refractivity contribution in [3.05, 3.63) is 58.1 Å². The second kappa shape index (κ2) is 6.60. The number of hydrogen-bond donors (Lipinski definition) is 3. The zero-order valence-corrected chi connectivity index (χ0v) is 14.6. The van der Waals surface area contributed by atoms with Gasteiger partial charge in [0, 0.05) is 11.1 Å². The average Bonchev–Trinajstić information content (AvgIpc) is 2.66. The van der Waals surface area contributed by atoms with E-state index in [0.717, 1.165) is 7.11 Å². The highest BCUT2D eigenvalue weighted by atomic mass is 16.5. The number of benzene rings is 2. The van der Waals surface area contributed by atoms with E-state index in [1.165, 1.54) is 30.3 Å². The molecule has 0 radical (unpaired) electrons. The smallest absolute Gasteiger partial charge is 0.338 e. The lowest BCUT2D eigenvalue weighted by atomic mass is 9.82. The molecule has 27 heavy (non-hydrogen) atoms. The topological polar surface area (TPSA) is 121 Å². The molecule has 0 heterocycles. The van der Waals surface area contributed by atoms with Crippen molar-refractivity contribution in [3.63, 3.8) is 0 Å². The number of phenols is 2.